The Morgan fingerprint density at radius 3 is 2.38 bits per heavy atom. The lowest BCUT2D eigenvalue weighted by Crippen LogP contribution is -2.45. The Bertz CT molecular complexity index is 575. The minimum Gasteiger partial charge on any atom is -0.271 e. The van der Waals surface area contributed by atoms with E-state index in [1.54, 1.807) is 11.3 Å². The van der Waals surface area contributed by atoms with Crippen LogP contribution in [0.1, 0.15) is 48.6 Å². The number of thiophene rings is 1. The van der Waals surface area contributed by atoms with Crippen molar-refractivity contribution in [1.29, 1.82) is 0 Å². The molecule has 1 aromatic carbocycles. The summed E-state index contributed by atoms with van der Waals surface area (Å²) in [6.45, 7) is 0. The molecule has 2 aromatic rings. The number of nitrogens with two attached hydrogens (primary N) is 1. The van der Waals surface area contributed by atoms with Gasteiger partial charge in [-0.05, 0) is 45.8 Å². The van der Waals surface area contributed by atoms with Crippen molar-refractivity contribution in [3.8, 4) is 0 Å². The summed E-state index contributed by atoms with van der Waals surface area (Å²) in [5, 5.41) is 2.13. The highest BCUT2D eigenvalue weighted by atomic mass is 79.9. The van der Waals surface area contributed by atoms with Crippen molar-refractivity contribution in [3.63, 3.8) is 0 Å². The Morgan fingerprint density at radius 2 is 1.81 bits per heavy atom. The SMILES string of the molecule is NNC(c1sccc1Br)C1(c2ccccc2)CCCCC1. The van der Waals surface area contributed by atoms with Gasteiger partial charge in [-0.2, -0.15) is 0 Å². The van der Waals surface area contributed by atoms with Crippen molar-refractivity contribution < 1.29 is 0 Å². The predicted octanol–water partition coefficient (Wildman–Crippen LogP) is 4.92. The second-order valence-corrected chi connectivity index (χ2v) is 7.62. The van der Waals surface area contributed by atoms with Crippen molar-refractivity contribution >= 4 is 27.3 Å². The summed E-state index contributed by atoms with van der Waals surface area (Å²) in [4.78, 5) is 1.31. The largest absolute Gasteiger partial charge is 0.271 e. The van der Waals surface area contributed by atoms with Gasteiger partial charge in [0, 0.05) is 14.8 Å². The maximum Gasteiger partial charge on any atom is 0.0661 e. The van der Waals surface area contributed by atoms with Gasteiger partial charge < -0.3 is 0 Å². The molecular formula is C17H21BrN2S. The van der Waals surface area contributed by atoms with E-state index >= 15 is 0 Å². The molecule has 0 bridgehead atoms. The molecule has 1 aromatic heterocycles. The topological polar surface area (TPSA) is 38.0 Å². The average molecular weight is 365 g/mol. The van der Waals surface area contributed by atoms with Gasteiger partial charge in [0.25, 0.3) is 0 Å². The van der Waals surface area contributed by atoms with Crippen LogP contribution >= 0.6 is 27.3 Å². The fourth-order valence-electron chi connectivity index (χ4n) is 3.69. The third-order valence-corrected chi connectivity index (χ3v) is 6.66. The number of nitrogens with one attached hydrogen (secondary N) is 1. The summed E-state index contributed by atoms with van der Waals surface area (Å²) in [7, 11) is 0. The van der Waals surface area contributed by atoms with Gasteiger partial charge in [-0.15, -0.1) is 11.3 Å². The standard InChI is InChI=1S/C17H21BrN2S/c18-14-9-12-21-15(14)16(20-19)17(10-5-2-6-11-17)13-7-3-1-4-8-13/h1,3-4,7-9,12,16,20H,2,5-6,10-11,19H2. The molecule has 3 N–H and O–H groups in total. The first-order valence-electron chi connectivity index (χ1n) is 7.52. The summed E-state index contributed by atoms with van der Waals surface area (Å²) < 4.78 is 1.16. The molecule has 0 amide bonds. The van der Waals surface area contributed by atoms with Crippen LogP contribution in [0, 0.1) is 0 Å². The molecule has 0 radical (unpaired) electrons. The predicted molar refractivity (Wildman–Crippen MR) is 93.3 cm³/mol. The molecule has 1 atom stereocenters. The third-order valence-electron chi connectivity index (χ3n) is 4.72. The molecule has 21 heavy (non-hydrogen) atoms. The number of hydrogen-bond donors (Lipinski definition) is 2. The zero-order chi connectivity index (χ0) is 14.7. The molecule has 4 heteroatoms. The smallest absolute Gasteiger partial charge is 0.0661 e. The van der Waals surface area contributed by atoms with Crippen LogP contribution in [0.3, 0.4) is 0 Å². The highest BCUT2D eigenvalue weighted by molar-refractivity contribution is 9.10. The van der Waals surface area contributed by atoms with Gasteiger partial charge in [0.15, 0.2) is 0 Å². The zero-order valence-corrected chi connectivity index (χ0v) is 14.4. The Balaban J connectivity index is 2.08. The molecule has 1 aliphatic carbocycles. The van der Waals surface area contributed by atoms with Gasteiger partial charge in [-0.1, -0.05) is 49.6 Å². The number of rotatable bonds is 4. The Hall–Kier alpha value is -0.680. The van der Waals surface area contributed by atoms with Crippen molar-refractivity contribution in [1.82, 2.24) is 5.43 Å². The quantitative estimate of drug-likeness (QED) is 0.596. The van der Waals surface area contributed by atoms with Crippen LogP contribution in [0.25, 0.3) is 0 Å². The number of halogens is 1. The van der Waals surface area contributed by atoms with Crippen LogP contribution in [0.15, 0.2) is 46.3 Å². The Morgan fingerprint density at radius 1 is 1.10 bits per heavy atom. The van der Waals surface area contributed by atoms with E-state index in [9.17, 15) is 0 Å². The third kappa shape index (κ3) is 2.82. The van der Waals surface area contributed by atoms with E-state index in [2.05, 4.69) is 63.1 Å². The van der Waals surface area contributed by atoms with Crippen LogP contribution in [-0.4, -0.2) is 0 Å². The van der Waals surface area contributed by atoms with Crippen molar-refractivity contribution in [2.45, 2.75) is 43.6 Å². The second kappa shape index (κ2) is 6.61. The molecule has 1 heterocycles. The van der Waals surface area contributed by atoms with E-state index in [0.29, 0.717) is 0 Å². The lowest BCUT2D eigenvalue weighted by atomic mass is 9.64. The first-order valence-corrected chi connectivity index (χ1v) is 9.20. The van der Waals surface area contributed by atoms with Crippen LogP contribution in [0.2, 0.25) is 0 Å². The van der Waals surface area contributed by atoms with E-state index in [-0.39, 0.29) is 11.5 Å². The Kier molecular flexibility index (Phi) is 4.79. The minimum atomic E-state index is 0.0988. The first-order chi connectivity index (χ1) is 10.3. The number of hydrazine groups is 1. The molecule has 1 unspecified atom stereocenters. The summed E-state index contributed by atoms with van der Waals surface area (Å²) in [6, 6.07) is 13.2. The summed E-state index contributed by atoms with van der Waals surface area (Å²) in [5.41, 5.74) is 4.64. The van der Waals surface area contributed by atoms with E-state index < -0.39 is 0 Å². The summed E-state index contributed by atoms with van der Waals surface area (Å²) in [5.74, 6) is 6.02. The van der Waals surface area contributed by atoms with Gasteiger partial charge in [0.05, 0.1) is 6.04 Å². The Labute approximate surface area is 138 Å². The monoisotopic (exact) mass is 364 g/mol. The zero-order valence-electron chi connectivity index (χ0n) is 12.0. The fraction of sp³-hybridized carbons (Fsp3) is 0.412. The molecule has 2 nitrogen and oxygen atoms in total. The molecule has 1 fully saturated rings. The van der Waals surface area contributed by atoms with Crippen molar-refractivity contribution in [2.24, 2.45) is 5.84 Å². The van der Waals surface area contributed by atoms with E-state index in [0.717, 1.165) is 4.47 Å². The molecule has 112 valence electrons. The highest BCUT2D eigenvalue weighted by Crippen LogP contribution is 2.50. The van der Waals surface area contributed by atoms with Gasteiger partial charge in [0.1, 0.15) is 0 Å². The maximum atomic E-state index is 6.02. The molecule has 3 rings (SSSR count). The molecule has 0 aliphatic heterocycles. The molecule has 1 saturated carbocycles. The van der Waals surface area contributed by atoms with Crippen LogP contribution in [0.4, 0.5) is 0 Å². The maximum absolute atomic E-state index is 6.02. The normalized spacial score (nSPS) is 19.3. The number of hydrogen-bond acceptors (Lipinski definition) is 3. The molecule has 0 saturated heterocycles. The van der Waals surface area contributed by atoms with Gasteiger partial charge in [-0.3, -0.25) is 11.3 Å². The summed E-state index contributed by atoms with van der Waals surface area (Å²) in [6.07, 6.45) is 6.26. The second-order valence-electron chi connectivity index (χ2n) is 5.82. The van der Waals surface area contributed by atoms with Gasteiger partial charge in [0.2, 0.25) is 0 Å². The summed E-state index contributed by atoms with van der Waals surface area (Å²) >= 11 is 5.47. The van der Waals surface area contributed by atoms with Crippen LogP contribution in [0.5, 0.6) is 0 Å². The van der Waals surface area contributed by atoms with Crippen molar-refractivity contribution in [3.05, 3.63) is 56.7 Å². The minimum absolute atomic E-state index is 0.0988. The van der Waals surface area contributed by atoms with Crippen molar-refractivity contribution in [2.75, 3.05) is 0 Å². The first kappa shape index (κ1) is 15.2. The molecule has 1 aliphatic rings. The van der Waals surface area contributed by atoms with Gasteiger partial charge >= 0.3 is 0 Å². The molecule has 0 spiro atoms. The lowest BCUT2D eigenvalue weighted by molar-refractivity contribution is 0.216. The van der Waals surface area contributed by atoms with Crippen LogP contribution < -0.4 is 11.3 Å². The number of benzene rings is 1. The fourth-order valence-corrected chi connectivity index (χ4v) is 5.47. The van der Waals surface area contributed by atoms with E-state index in [4.69, 9.17) is 5.84 Å². The van der Waals surface area contributed by atoms with E-state index in [1.807, 2.05) is 0 Å². The van der Waals surface area contributed by atoms with Gasteiger partial charge in [-0.25, -0.2) is 0 Å². The van der Waals surface area contributed by atoms with E-state index in [1.165, 1.54) is 42.5 Å². The molecular weight excluding hydrogens is 344 g/mol. The average Bonchev–Trinajstić information content (AvgIpc) is 2.96. The highest BCUT2D eigenvalue weighted by Gasteiger charge is 2.42. The lowest BCUT2D eigenvalue weighted by Gasteiger charge is -2.44. The van der Waals surface area contributed by atoms with Crippen LogP contribution in [-0.2, 0) is 5.41 Å².